The summed E-state index contributed by atoms with van der Waals surface area (Å²) in [6, 6.07) is 15.9. The van der Waals surface area contributed by atoms with E-state index in [0.29, 0.717) is 31.7 Å². The fraction of sp³-hybridized carbons (Fsp3) is 0.261. The Bertz CT molecular complexity index is 1010. The van der Waals surface area contributed by atoms with Crippen LogP contribution in [0, 0.1) is 19.7 Å². The predicted molar refractivity (Wildman–Crippen MR) is 111 cm³/mol. The number of aryl methyl sites for hydroxylation is 2. The third-order valence-corrected chi connectivity index (χ3v) is 5.44. The van der Waals surface area contributed by atoms with Crippen LogP contribution in [0.15, 0.2) is 54.6 Å². The van der Waals surface area contributed by atoms with Gasteiger partial charge in [0, 0.05) is 37.3 Å². The third kappa shape index (κ3) is 4.11. The molecule has 5 nitrogen and oxygen atoms in total. The van der Waals surface area contributed by atoms with Crippen molar-refractivity contribution in [1.82, 2.24) is 15.1 Å². The maximum atomic E-state index is 13.1. The van der Waals surface area contributed by atoms with E-state index in [9.17, 15) is 9.18 Å². The third-order valence-electron chi connectivity index (χ3n) is 5.44. The molecule has 1 saturated heterocycles. The zero-order chi connectivity index (χ0) is 20.4. The van der Waals surface area contributed by atoms with Crippen molar-refractivity contribution < 1.29 is 9.18 Å². The number of aromatic nitrogens is 2. The fourth-order valence-electron chi connectivity index (χ4n) is 3.46. The van der Waals surface area contributed by atoms with E-state index in [4.69, 9.17) is 0 Å². The Balaban J connectivity index is 1.40. The van der Waals surface area contributed by atoms with E-state index in [1.807, 2.05) is 12.1 Å². The molecule has 6 heteroatoms. The quantitative estimate of drug-likeness (QED) is 0.681. The van der Waals surface area contributed by atoms with Crippen LogP contribution in [0.3, 0.4) is 0 Å². The SMILES string of the molecule is Cc1ccc(-c2ccc(N3CCN(C(=O)c4ccc(F)cc4)CC3)nn2)cc1C. The summed E-state index contributed by atoms with van der Waals surface area (Å²) in [4.78, 5) is 16.5. The van der Waals surface area contributed by atoms with Crippen LogP contribution in [-0.4, -0.2) is 47.2 Å². The minimum absolute atomic E-state index is 0.0687. The van der Waals surface area contributed by atoms with Gasteiger partial charge in [-0.15, -0.1) is 10.2 Å². The zero-order valence-electron chi connectivity index (χ0n) is 16.6. The van der Waals surface area contributed by atoms with Crippen molar-refractivity contribution in [2.45, 2.75) is 13.8 Å². The van der Waals surface area contributed by atoms with Crippen molar-refractivity contribution in [2.24, 2.45) is 0 Å². The molecule has 0 saturated carbocycles. The van der Waals surface area contributed by atoms with Crippen LogP contribution < -0.4 is 4.90 Å². The van der Waals surface area contributed by atoms with E-state index in [1.54, 1.807) is 4.90 Å². The van der Waals surface area contributed by atoms with Crippen molar-refractivity contribution in [3.05, 3.63) is 77.1 Å². The molecule has 0 radical (unpaired) electrons. The Morgan fingerprint density at radius 2 is 1.59 bits per heavy atom. The van der Waals surface area contributed by atoms with Gasteiger partial charge < -0.3 is 9.80 Å². The lowest BCUT2D eigenvalue weighted by atomic mass is 10.0. The lowest BCUT2D eigenvalue weighted by Gasteiger charge is -2.35. The highest BCUT2D eigenvalue weighted by Gasteiger charge is 2.23. The highest BCUT2D eigenvalue weighted by molar-refractivity contribution is 5.94. The Hall–Kier alpha value is -3.28. The Morgan fingerprint density at radius 1 is 0.862 bits per heavy atom. The van der Waals surface area contributed by atoms with E-state index < -0.39 is 0 Å². The van der Waals surface area contributed by atoms with Crippen LogP contribution >= 0.6 is 0 Å². The summed E-state index contributed by atoms with van der Waals surface area (Å²) in [5, 5.41) is 8.80. The van der Waals surface area contributed by atoms with Gasteiger partial charge in [-0.3, -0.25) is 4.79 Å². The van der Waals surface area contributed by atoms with Crippen LogP contribution in [-0.2, 0) is 0 Å². The molecule has 0 N–H and O–H groups in total. The molecule has 3 aromatic rings. The van der Waals surface area contributed by atoms with Crippen LogP contribution in [0.2, 0.25) is 0 Å². The maximum absolute atomic E-state index is 13.1. The van der Waals surface area contributed by atoms with Crippen LogP contribution in [0.5, 0.6) is 0 Å². The molecule has 2 aromatic carbocycles. The standard InChI is InChI=1S/C23H23FN4O/c1-16-3-4-19(15-17(16)2)21-9-10-22(26-25-21)27-11-13-28(14-12-27)23(29)18-5-7-20(24)8-6-18/h3-10,15H,11-14H2,1-2H3. The first-order valence-corrected chi connectivity index (χ1v) is 9.72. The summed E-state index contributed by atoms with van der Waals surface area (Å²) in [5.41, 5.74) is 4.91. The van der Waals surface area contributed by atoms with Gasteiger partial charge in [0.15, 0.2) is 5.82 Å². The molecule has 0 unspecified atom stereocenters. The normalized spacial score (nSPS) is 14.2. The van der Waals surface area contributed by atoms with Crippen LogP contribution in [0.4, 0.5) is 10.2 Å². The number of halogens is 1. The average Bonchev–Trinajstić information content (AvgIpc) is 2.76. The van der Waals surface area contributed by atoms with Gasteiger partial charge in [-0.05, 0) is 67.4 Å². The van der Waals surface area contributed by atoms with Gasteiger partial charge in [-0.25, -0.2) is 4.39 Å². The molecule has 0 spiro atoms. The molecule has 1 aliphatic rings. The van der Waals surface area contributed by atoms with E-state index in [1.165, 1.54) is 35.4 Å². The molecule has 1 amide bonds. The summed E-state index contributed by atoms with van der Waals surface area (Å²) in [5.74, 6) is 0.404. The summed E-state index contributed by atoms with van der Waals surface area (Å²) in [6.07, 6.45) is 0. The molecular weight excluding hydrogens is 367 g/mol. The lowest BCUT2D eigenvalue weighted by Crippen LogP contribution is -2.49. The van der Waals surface area contributed by atoms with Crippen molar-refractivity contribution in [1.29, 1.82) is 0 Å². The van der Waals surface area contributed by atoms with Crippen molar-refractivity contribution in [3.8, 4) is 11.3 Å². The molecule has 4 rings (SSSR count). The zero-order valence-corrected chi connectivity index (χ0v) is 16.6. The molecule has 0 aliphatic carbocycles. The Morgan fingerprint density at radius 3 is 2.21 bits per heavy atom. The van der Waals surface area contributed by atoms with Gasteiger partial charge >= 0.3 is 0 Å². The monoisotopic (exact) mass is 390 g/mol. The van der Waals surface area contributed by atoms with E-state index in [0.717, 1.165) is 17.1 Å². The minimum atomic E-state index is -0.339. The summed E-state index contributed by atoms with van der Waals surface area (Å²) in [6.45, 7) is 6.74. The number of rotatable bonds is 3. The van der Waals surface area contributed by atoms with Crippen molar-refractivity contribution >= 4 is 11.7 Å². The predicted octanol–water partition coefficient (Wildman–Crippen LogP) is 3.86. The molecule has 1 fully saturated rings. The van der Waals surface area contributed by atoms with Gasteiger partial charge in [0.2, 0.25) is 0 Å². The minimum Gasteiger partial charge on any atom is -0.352 e. The fourth-order valence-corrected chi connectivity index (χ4v) is 3.46. The number of nitrogens with zero attached hydrogens (tertiary/aromatic N) is 4. The number of carbonyl (C=O) groups excluding carboxylic acids is 1. The van der Waals surface area contributed by atoms with Gasteiger partial charge in [0.05, 0.1) is 5.69 Å². The molecule has 1 aromatic heterocycles. The molecule has 0 atom stereocenters. The number of carbonyl (C=O) groups is 1. The number of amides is 1. The number of piperazine rings is 1. The highest BCUT2D eigenvalue weighted by atomic mass is 19.1. The van der Waals surface area contributed by atoms with Crippen molar-refractivity contribution in [3.63, 3.8) is 0 Å². The first kappa shape index (κ1) is 19.1. The van der Waals surface area contributed by atoms with Gasteiger partial charge in [-0.1, -0.05) is 12.1 Å². The second-order valence-corrected chi connectivity index (χ2v) is 7.36. The first-order chi connectivity index (χ1) is 14.0. The second kappa shape index (κ2) is 7.99. The summed E-state index contributed by atoms with van der Waals surface area (Å²) >= 11 is 0. The molecule has 148 valence electrons. The van der Waals surface area contributed by atoms with Crippen LogP contribution in [0.1, 0.15) is 21.5 Å². The van der Waals surface area contributed by atoms with E-state index in [2.05, 4.69) is 47.1 Å². The molecule has 2 heterocycles. The van der Waals surface area contributed by atoms with E-state index >= 15 is 0 Å². The first-order valence-electron chi connectivity index (χ1n) is 9.72. The number of hydrogen-bond donors (Lipinski definition) is 0. The summed E-state index contributed by atoms with van der Waals surface area (Å²) < 4.78 is 13.1. The number of benzene rings is 2. The topological polar surface area (TPSA) is 49.3 Å². The van der Waals surface area contributed by atoms with Gasteiger partial charge in [0.1, 0.15) is 5.82 Å². The number of hydrogen-bond acceptors (Lipinski definition) is 4. The second-order valence-electron chi connectivity index (χ2n) is 7.36. The largest absolute Gasteiger partial charge is 0.352 e. The van der Waals surface area contributed by atoms with Gasteiger partial charge in [0.25, 0.3) is 5.91 Å². The average molecular weight is 390 g/mol. The molecular formula is C23H23FN4O. The van der Waals surface area contributed by atoms with Gasteiger partial charge in [-0.2, -0.15) is 0 Å². The highest BCUT2D eigenvalue weighted by Crippen LogP contribution is 2.22. The smallest absolute Gasteiger partial charge is 0.253 e. The maximum Gasteiger partial charge on any atom is 0.253 e. The summed E-state index contributed by atoms with van der Waals surface area (Å²) in [7, 11) is 0. The lowest BCUT2D eigenvalue weighted by molar-refractivity contribution is 0.0746. The number of anilines is 1. The van der Waals surface area contributed by atoms with E-state index in [-0.39, 0.29) is 11.7 Å². The van der Waals surface area contributed by atoms with Crippen LogP contribution in [0.25, 0.3) is 11.3 Å². The Kier molecular flexibility index (Phi) is 5.25. The Labute approximate surface area is 169 Å². The molecule has 0 bridgehead atoms. The van der Waals surface area contributed by atoms with Crippen molar-refractivity contribution in [2.75, 3.05) is 31.1 Å². The molecule has 29 heavy (non-hydrogen) atoms. The molecule has 1 aliphatic heterocycles.